The quantitative estimate of drug-likeness (QED) is 0.168. The molecule has 2 aromatic rings. The predicted octanol–water partition coefficient (Wildman–Crippen LogP) is 6.17. The zero-order valence-corrected chi connectivity index (χ0v) is 29.6. The molecule has 11 nitrogen and oxygen atoms in total. The van der Waals surface area contributed by atoms with Gasteiger partial charge in [-0.15, -0.1) is 0 Å². The number of carbonyl (C=O) groups is 2. The molecule has 0 spiro atoms. The lowest BCUT2D eigenvalue weighted by Gasteiger charge is -2.21. The summed E-state index contributed by atoms with van der Waals surface area (Å²) in [6.45, 7) is 5.96. The summed E-state index contributed by atoms with van der Waals surface area (Å²) >= 11 is 0. The second-order valence-corrected chi connectivity index (χ2v) is 16.9. The van der Waals surface area contributed by atoms with E-state index in [2.05, 4.69) is 17.6 Å². The Morgan fingerprint density at radius 2 is 1.17 bits per heavy atom. The van der Waals surface area contributed by atoms with Gasteiger partial charge < -0.3 is 43.9 Å². The van der Waals surface area contributed by atoms with Gasteiger partial charge in [0.1, 0.15) is 0 Å². The summed E-state index contributed by atoms with van der Waals surface area (Å²) in [4.78, 5) is 30.4. The summed E-state index contributed by atoms with van der Waals surface area (Å²) in [6.07, 6.45) is 9.21. The van der Waals surface area contributed by atoms with E-state index in [9.17, 15) is 14.2 Å². The molecule has 262 valence electrons. The van der Waals surface area contributed by atoms with Crippen LogP contribution in [0.4, 0.5) is 11.4 Å². The Morgan fingerprint density at radius 3 is 1.60 bits per heavy atom. The first-order valence-electron chi connectivity index (χ1n) is 17.7. The molecule has 12 heteroatoms. The van der Waals surface area contributed by atoms with E-state index in [4.69, 9.17) is 18.9 Å². The Kier molecular flexibility index (Phi) is 10.9. The van der Waals surface area contributed by atoms with E-state index >= 15 is 0 Å². The van der Waals surface area contributed by atoms with Crippen molar-refractivity contribution < 1.29 is 33.1 Å². The number of hydrogen-bond donors (Lipinski definition) is 2. The number of ether oxygens (including phenoxy) is 4. The van der Waals surface area contributed by atoms with Crippen LogP contribution in [-0.4, -0.2) is 106 Å². The first-order valence-corrected chi connectivity index (χ1v) is 20.0. The van der Waals surface area contributed by atoms with Crippen molar-refractivity contribution in [3.8, 4) is 23.0 Å². The molecule has 2 amide bonds. The maximum atomic E-state index is 14.1. The molecule has 2 aromatic carbocycles. The Labute approximate surface area is 284 Å². The third kappa shape index (κ3) is 7.36. The largest absolute Gasteiger partial charge is 0.493 e. The van der Waals surface area contributed by atoms with Crippen molar-refractivity contribution in [2.45, 2.75) is 70.4 Å². The van der Waals surface area contributed by atoms with Crippen molar-refractivity contribution in [3.63, 3.8) is 0 Å². The third-order valence-electron chi connectivity index (χ3n) is 10.3. The van der Waals surface area contributed by atoms with E-state index in [1.54, 1.807) is 26.4 Å². The summed E-state index contributed by atoms with van der Waals surface area (Å²) in [7, 11) is 0.721. The molecule has 0 unspecified atom stereocenters. The number of benzene rings is 2. The molecule has 0 aromatic heterocycles. The lowest BCUT2D eigenvalue weighted by molar-refractivity contribution is 0.0742. The standard InChI is InChI=1S/C36H51N4O7P/c1-4-5-16-48(43,17-8-14-46-33-21-29-27(19-31(33)44-2)35(41)39-12-6-10-25(39)23-37-29)18-9-15-47-34-22-30-28(20-32(34)45-3)36(42)40-13-7-11-26(40)24-38-30/h19-22,25-26,37-38H,4-18,23-24H2,1-3H3/t25-,26-/m0/s1. The molecule has 0 radical (unpaired) electrons. The van der Waals surface area contributed by atoms with Gasteiger partial charge in [-0.3, -0.25) is 9.59 Å². The van der Waals surface area contributed by atoms with E-state index in [0.29, 0.717) is 78.7 Å². The minimum atomic E-state index is -2.45. The highest BCUT2D eigenvalue weighted by molar-refractivity contribution is 7.63. The number of nitrogens with one attached hydrogen (secondary N) is 2. The van der Waals surface area contributed by atoms with Crippen molar-refractivity contribution in [1.29, 1.82) is 0 Å². The zero-order chi connectivity index (χ0) is 33.7. The van der Waals surface area contributed by atoms with Crippen molar-refractivity contribution in [2.75, 3.05) is 82.7 Å². The number of anilines is 2. The van der Waals surface area contributed by atoms with Crippen molar-refractivity contribution in [1.82, 2.24) is 9.80 Å². The molecule has 6 rings (SSSR count). The van der Waals surface area contributed by atoms with Crippen LogP contribution in [0.25, 0.3) is 0 Å². The Hall–Kier alpha value is -3.59. The number of carbonyl (C=O) groups excluding carboxylic acids is 2. The lowest BCUT2D eigenvalue weighted by Crippen LogP contribution is -2.36. The average molecular weight is 683 g/mol. The molecular weight excluding hydrogens is 631 g/mol. The average Bonchev–Trinajstić information content (AvgIpc) is 3.73. The van der Waals surface area contributed by atoms with Gasteiger partial charge in [0.25, 0.3) is 11.8 Å². The van der Waals surface area contributed by atoms with Crippen LogP contribution in [0.3, 0.4) is 0 Å². The first-order chi connectivity index (χ1) is 23.3. The summed E-state index contributed by atoms with van der Waals surface area (Å²) in [6, 6.07) is 7.73. The lowest BCUT2D eigenvalue weighted by atomic mass is 10.1. The molecule has 2 N–H and O–H groups in total. The number of amides is 2. The fourth-order valence-electron chi connectivity index (χ4n) is 7.56. The van der Waals surface area contributed by atoms with E-state index in [-0.39, 0.29) is 23.9 Å². The highest BCUT2D eigenvalue weighted by atomic mass is 31.2. The van der Waals surface area contributed by atoms with Crippen LogP contribution in [0, 0.1) is 0 Å². The van der Waals surface area contributed by atoms with Gasteiger partial charge in [0.05, 0.1) is 57.1 Å². The summed E-state index contributed by atoms with van der Waals surface area (Å²) in [5.41, 5.74) is 2.77. The smallest absolute Gasteiger partial charge is 0.256 e. The van der Waals surface area contributed by atoms with Gasteiger partial charge in [0.15, 0.2) is 23.0 Å². The highest BCUT2D eigenvalue weighted by Gasteiger charge is 2.35. The van der Waals surface area contributed by atoms with Crippen LogP contribution in [-0.2, 0) is 4.57 Å². The number of unbranched alkanes of at least 4 members (excludes halogenated alkanes) is 1. The topological polar surface area (TPSA) is 119 Å². The Balaban J connectivity index is 1.03. The maximum absolute atomic E-state index is 14.1. The van der Waals surface area contributed by atoms with Gasteiger partial charge in [0.2, 0.25) is 0 Å². The molecular formula is C36H51N4O7P. The minimum Gasteiger partial charge on any atom is -0.493 e. The second kappa shape index (κ2) is 15.3. The summed E-state index contributed by atoms with van der Waals surface area (Å²) in [5, 5.41) is 6.90. The Bertz CT molecular complexity index is 1430. The molecule has 0 saturated carbocycles. The van der Waals surface area contributed by atoms with Gasteiger partial charge in [-0.2, -0.15) is 0 Å². The summed E-state index contributed by atoms with van der Waals surface area (Å²) in [5.74, 6) is 2.30. The van der Waals surface area contributed by atoms with Crippen LogP contribution in [0.1, 0.15) is 79.0 Å². The van der Waals surface area contributed by atoms with E-state index in [1.165, 1.54) is 0 Å². The fourth-order valence-corrected chi connectivity index (χ4v) is 10.5. The van der Waals surface area contributed by atoms with E-state index < -0.39 is 7.14 Å². The normalized spacial score (nSPS) is 20.1. The predicted molar refractivity (Wildman–Crippen MR) is 188 cm³/mol. The molecule has 0 bridgehead atoms. The molecule has 2 saturated heterocycles. The highest BCUT2D eigenvalue weighted by Crippen LogP contribution is 2.48. The van der Waals surface area contributed by atoms with Crippen LogP contribution in [0.5, 0.6) is 23.0 Å². The molecule has 4 aliphatic rings. The zero-order valence-electron chi connectivity index (χ0n) is 28.7. The summed E-state index contributed by atoms with van der Waals surface area (Å²) < 4.78 is 37.7. The van der Waals surface area contributed by atoms with Crippen LogP contribution >= 0.6 is 7.14 Å². The fraction of sp³-hybridized carbons (Fsp3) is 0.611. The second-order valence-electron chi connectivity index (χ2n) is 13.4. The molecule has 2 atom stereocenters. The maximum Gasteiger partial charge on any atom is 0.256 e. The first kappa shape index (κ1) is 34.3. The van der Waals surface area contributed by atoms with Crippen molar-refractivity contribution in [3.05, 3.63) is 35.4 Å². The van der Waals surface area contributed by atoms with Crippen LogP contribution in [0.15, 0.2) is 24.3 Å². The number of fused-ring (bicyclic) bond motifs is 4. The molecule has 4 aliphatic heterocycles. The van der Waals surface area contributed by atoms with E-state index in [0.717, 1.165) is 76.1 Å². The van der Waals surface area contributed by atoms with Gasteiger partial charge in [0, 0.05) is 68.9 Å². The van der Waals surface area contributed by atoms with Gasteiger partial charge in [-0.25, -0.2) is 0 Å². The molecule has 48 heavy (non-hydrogen) atoms. The number of hydrogen-bond acceptors (Lipinski definition) is 9. The van der Waals surface area contributed by atoms with Crippen molar-refractivity contribution >= 4 is 30.3 Å². The Morgan fingerprint density at radius 1 is 0.708 bits per heavy atom. The SMILES string of the molecule is CCCCP(=O)(CCCOc1cc2c(cc1OC)C(=O)N1CCC[C@H]1CN2)CCCOc1cc2c(cc1OC)C(=O)N1CCC[C@H]1CN2. The molecule has 2 fully saturated rings. The number of rotatable bonds is 15. The molecule has 4 heterocycles. The number of nitrogens with zero attached hydrogens (tertiary/aromatic N) is 2. The van der Waals surface area contributed by atoms with Gasteiger partial charge >= 0.3 is 0 Å². The van der Waals surface area contributed by atoms with Crippen LogP contribution < -0.4 is 29.6 Å². The third-order valence-corrected chi connectivity index (χ3v) is 13.6. The number of methoxy groups -OCH3 is 2. The minimum absolute atomic E-state index is 0.0377. The van der Waals surface area contributed by atoms with Crippen LogP contribution in [0.2, 0.25) is 0 Å². The van der Waals surface area contributed by atoms with Crippen molar-refractivity contribution in [2.24, 2.45) is 0 Å². The van der Waals surface area contributed by atoms with Gasteiger partial charge in [-0.05, 0) is 57.1 Å². The monoisotopic (exact) mass is 682 g/mol. The van der Waals surface area contributed by atoms with E-state index in [1.807, 2.05) is 21.9 Å². The molecule has 0 aliphatic carbocycles. The van der Waals surface area contributed by atoms with Gasteiger partial charge in [-0.1, -0.05) is 13.3 Å².